The molecular formula is C30H47NO4. The van der Waals surface area contributed by atoms with Crippen LogP contribution < -0.4 is 0 Å². The summed E-state index contributed by atoms with van der Waals surface area (Å²) in [6, 6.07) is 0.208. The van der Waals surface area contributed by atoms with Gasteiger partial charge in [0.2, 0.25) is 0 Å². The average Bonchev–Trinajstić information content (AvgIpc) is 3.59. The van der Waals surface area contributed by atoms with Crippen LogP contribution in [0.4, 0.5) is 4.79 Å². The predicted molar refractivity (Wildman–Crippen MR) is 135 cm³/mol. The third-order valence-electron chi connectivity index (χ3n) is 13.1. The number of rotatable bonds is 2. The van der Waals surface area contributed by atoms with E-state index < -0.39 is 11.2 Å². The molecule has 2 spiro atoms. The van der Waals surface area contributed by atoms with Crippen molar-refractivity contribution >= 4 is 11.9 Å². The van der Waals surface area contributed by atoms with Gasteiger partial charge in [0.15, 0.2) is 11.4 Å². The highest BCUT2D eigenvalue weighted by molar-refractivity contribution is 5.90. The van der Waals surface area contributed by atoms with E-state index in [-0.39, 0.29) is 40.3 Å². The average molecular weight is 486 g/mol. The fourth-order valence-corrected chi connectivity index (χ4v) is 11.6. The zero-order chi connectivity index (χ0) is 25.6. The number of amides is 1. The number of carbonyl (C=O) groups excluding carboxylic acids is 2. The summed E-state index contributed by atoms with van der Waals surface area (Å²) in [5.74, 6) is 1.58. The van der Waals surface area contributed by atoms with Crippen LogP contribution in [0.5, 0.6) is 0 Å². The van der Waals surface area contributed by atoms with Crippen molar-refractivity contribution in [3.63, 3.8) is 0 Å². The summed E-state index contributed by atoms with van der Waals surface area (Å²) in [6.07, 6.45) is 9.51. The first-order valence-electron chi connectivity index (χ1n) is 14.2. The Morgan fingerprint density at radius 1 is 0.943 bits per heavy atom. The minimum Gasteiger partial charge on any atom is -0.444 e. The van der Waals surface area contributed by atoms with Crippen LogP contribution >= 0.6 is 0 Å². The summed E-state index contributed by atoms with van der Waals surface area (Å²) < 4.78 is 12.0. The minimum absolute atomic E-state index is 0.0350. The van der Waals surface area contributed by atoms with Crippen LogP contribution in [0.2, 0.25) is 0 Å². The summed E-state index contributed by atoms with van der Waals surface area (Å²) in [6.45, 7) is 17.4. The van der Waals surface area contributed by atoms with E-state index in [0.717, 1.165) is 19.3 Å². The van der Waals surface area contributed by atoms with Gasteiger partial charge >= 0.3 is 6.09 Å². The van der Waals surface area contributed by atoms with Gasteiger partial charge in [-0.25, -0.2) is 4.79 Å². The molecule has 1 heterocycles. The highest BCUT2D eigenvalue weighted by Crippen LogP contribution is 2.90. The number of ether oxygens (including phenoxy) is 2. The lowest BCUT2D eigenvalue weighted by molar-refractivity contribution is -0.174. The molecule has 6 aliphatic rings. The predicted octanol–water partition coefficient (Wildman–Crippen LogP) is 6.38. The largest absolute Gasteiger partial charge is 0.444 e. The van der Waals surface area contributed by atoms with Crippen molar-refractivity contribution in [2.45, 2.75) is 130 Å². The zero-order valence-corrected chi connectivity index (χ0v) is 23.5. The monoisotopic (exact) mass is 485 g/mol. The van der Waals surface area contributed by atoms with Crippen LogP contribution in [0.1, 0.15) is 107 Å². The summed E-state index contributed by atoms with van der Waals surface area (Å²) in [7, 11) is 1.95. The number of hydrogen-bond acceptors (Lipinski definition) is 4. The first-order chi connectivity index (χ1) is 16.0. The molecule has 0 bridgehead atoms. The molecule has 4 unspecified atom stereocenters. The normalized spacial score (nSPS) is 52.7. The third kappa shape index (κ3) is 2.55. The fourth-order valence-electron chi connectivity index (χ4n) is 11.6. The van der Waals surface area contributed by atoms with Gasteiger partial charge in [-0.1, -0.05) is 27.7 Å². The lowest BCUT2D eigenvalue weighted by Crippen LogP contribution is -2.61. The molecule has 5 saturated carbocycles. The highest BCUT2D eigenvalue weighted by Gasteiger charge is 2.88. The van der Waals surface area contributed by atoms with E-state index in [9.17, 15) is 9.59 Å². The Morgan fingerprint density at radius 2 is 1.57 bits per heavy atom. The lowest BCUT2D eigenvalue weighted by atomic mass is 9.41. The van der Waals surface area contributed by atoms with Crippen LogP contribution in [-0.4, -0.2) is 47.2 Å². The van der Waals surface area contributed by atoms with Crippen molar-refractivity contribution in [1.29, 1.82) is 0 Å². The third-order valence-corrected chi connectivity index (χ3v) is 13.1. The SMILES string of the molecule is CC(=O)C12OC1C[C@@]1(C)C3CCC4C(C)(C)[C@@H](N(C)C(=O)OC(C)(C)C)CC[C@@]45C[C@@]35CC[C@]21C. The zero-order valence-electron chi connectivity index (χ0n) is 23.5. The summed E-state index contributed by atoms with van der Waals surface area (Å²) in [5.41, 5.74) is 0.0566. The van der Waals surface area contributed by atoms with Crippen molar-refractivity contribution in [2.75, 3.05) is 7.05 Å². The van der Waals surface area contributed by atoms with E-state index in [4.69, 9.17) is 9.47 Å². The molecule has 6 rings (SSSR count). The van der Waals surface area contributed by atoms with Crippen molar-refractivity contribution in [2.24, 2.45) is 38.9 Å². The molecule has 5 aliphatic carbocycles. The molecule has 196 valence electrons. The second-order valence-electron chi connectivity index (χ2n) is 15.5. The van der Waals surface area contributed by atoms with Crippen LogP contribution in [0.3, 0.4) is 0 Å². The fraction of sp³-hybridized carbons (Fsp3) is 0.933. The molecule has 0 aromatic heterocycles. The van der Waals surface area contributed by atoms with Gasteiger partial charge in [0.1, 0.15) is 5.60 Å². The molecule has 35 heavy (non-hydrogen) atoms. The van der Waals surface area contributed by atoms with Crippen LogP contribution in [0.25, 0.3) is 0 Å². The number of carbonyl (C=O) groups is 2. The van der Waals surface area contributed by atoms with E-state index in [1.165, 1.54) is 32.1 Å². The van der Waals surface area contributed by atoms with Gasteiger partial charge in [-0.05, 0) is 113 Å². The first-order valence-corrected chi connectivity index (χ1v) is 14.2. The number of epoxide rings is 1. The summed E-state index contributed by atoms with van der Waals surface area (Å²) in [5, 5.41) is 0. The quantitative estimate of drug-likeness (QED) is 0.426. The maximum Gasteiger partial charge on any atom is 0.410 e. The smallest absolute Gasteiger partial charge is 0.410 e. The molecule has 0 radical (unpaired) electrons. The first kappa shape index (κ1) is 24.2. The standard InChI is InChI=1S/C30H47NO4/c1-18(32)30-22(34-30)16-26(7)20-11-10-19-25(5,6)21(31(9)23(33)35-24(2,3)4)12-13-28(19)17-29(20,28)15-14-27(26,30)8/h19-22H,10-17H2,1-9H3/t19?,20?,21-,22?,26-,27-,28+,29-,30?/m0/s1. The van der Waals surface area contributed by atoms with Gasteiger partial charge in [-0.3, -0.25) is 4.79 Å². The summed E-state index contributed by atoms with van der Waals surface area (Å²) >= 11 is 0. The van der Waals surface area contributed by atoms with Crippen LogP contribution in [0, 0.1) is 38.9 Å². The highest BCUT2D eigenvalue weighted by atomic mass is 16.6. The molecule has 0 aromatic rings. The minimum atomic E-state index is -0.505. The molecule has 5 heteroatoms. The molecule has 6 fully saturated rings. The number of fused-ring (bicyclic) bond motifs is 4. The van der Waals surface area contributed by atoms with E-state index in [1.54, 1.807) is 6.92 Å². The lowest BCUT2D eigenvalue weighted by Gasteiger charge is -2.64. The van der Waals surface area contributed by atoms with Gasteiger partial charge in [0.05, 0.1) is 6.10 Å². The Bertz CT molecular complexity index is 999. The Hall–Kier alpha value is -1.10. The van der Waals surface area contributed by atoms with Crippen LogP contribution in [-0.2, 0) is 14.3 Å². The van der Waals surface area contributed by atoms with Crippen molar-refractivity contribution in [3.8, 4) is 0 Å². The van der Waals surface area contributed by atoms with E-state index >= 15 is 0 Å². The second-order valence-corrected chi connectivity index (χ2v) is 15.5. The van der Waals surface area contributed by atoms with Gasteiger partial charge < -0.3 is 14.4 Å². The molecule has 9 atom stereocenters. The second kappa shape index (κ2) is 6.48. The van der Waals surface area contributed by atoms with Gasteiger partial charge in [0, 0.05) is 18.5 Å². The molecule has 1 aliphatic heterocycles. The van der Waals surface area contributed by atoms with E-state index in [0.29, 0.717) is 22.7 Å². The molecule has 1 amide bonds. The van der Waals surface area contributed by atoms with E-state index in [2.05, 4.69) is 27.7 Å². The van der Waals surface area contributed by atoms with Gasteiger partial charge in [0.25, 0.3) is 0 Å². The Kier molecular flexibility index (Phi) is 4.49. The molecule has 5 nitrogen and oxygen atoms in total. The molecule has 1 saturated heterocycles. The summed E-state index contributed by atoms with van der Waals surface area (Å²) in [4.78, 5) is 27.8. The van der Waals surface area contributed by atoms with Crippen LogP contribution in [0.15, 0.2) is 0 Å². The number of Topliss-reactive ketones (excluding diaryl/α,β-unsaturated/α-hetero) is 1. The van der Waals surface area contributed by atoms with Gasteiger partial charge in [-0.15, -0.1) is 0 Å². The maximum absolute atomic E-state index is 13.0. The van der Waals surface area contributed by atoms with E-state index in [1.807, 2.05) is 32.7 Å². The van der Waals surface area contributed by atoms with Crippen molar-refractivity contribution < 1.29 is 19.1 Å². The molecule has 0 N–H and O–H groups in total. The topological polar surface area (TPSA) is 59.1 Å². The number of ketones is 1. The van der Waals surface area contributed by atoms with Gasteiger partial charge in [-0.2, -0.15) is 0 Å². The number of nitrogens with zero attached hydrogens (tertiary/aromatic N) is 1. The van der Waals surface area contributed by atoms with Crippen molar-refractivity contribution in [3.05, 3.63) is 0 Å². The van der Waals surface area contributed by atoms with Crippen molar-refractivity contribution in [1.82, 2.24) is 4.90 Å². The Labute approximate surface area is 212 Å². The molecule has 0 aromatic carbocycles. The maximum atomic E-state index is 13.0. The Balaban J connectivity index is 1.29. The Morgan fingerprint density at radius 3 is 2.20 bits per heavy atom. The number of hydrogen-bond donors (Lipinski definition) is 0. The molecular weight excluding hydrogens is 438 g/mol.